The summed E-state index contributed by atoms with van der Waals surface area (Å²) in [7, 11) is 0. The van der Waals surface area contributed by atoms with E-state index in [2.05, 4.69) is 31.8 Å². The molecule has 3 aromatic carbocycles. The normalized spacial score (nSPS) is 11.4. The van der Waals surface area contributed by atoms with Crippen LogP contribution in [0, 0.1) is 0 Å². The molecule has 166 valence electrons. The Labute approximate surface area is 191 Å². The van der Waals surface area contributed by atoms with Gasteiger partial charge in [-0.2, -0.15) is 18.3 Å². The third-order valence-corrected chi connectivity index (χ3v) is 4.75. The number of hydrogen-bond acceptors (Lipinski definition) is 4. The lowest BCUT2D eigenvalue weighted by Crippen LogP contribution is -2.26. The molecule has 0 radical (unpaired) electrons. The first-order valence-corrected chi connectivity index (χ1v) is 10.3. The zero-order chi connectivity index (χ0) is 23.0. The second-order valence-corrected chi connectivity index (χ2v) is 7.63. The van der Waals surface area contributed by atoms with Crippen LogP contribution in [0.25, 0.3) is 0 Å². The Morgan fingerprint density at radius 1 is 1.03 bits per heavy atom. The van der Waals surface area contributed by atoms with Gasteiger partial charge >= 0.3 is 6.18 Å². The van der Waals surface area contributed by atoms with Gasteiger partial charge in [-0.25, -0.2) is 5.43 Å². The minimum absolute atomic E-state index is 0.189. The Morgan fingerprint density at radius 3 is 2.53 bits per heavy atom. The van der Waals surface area contributed by atoms with Gasteiger partial charge in [0, 0.05) is 10.2 Å². The molecule has 0 aliphatic rings. The number of nitrogens with zero attached hydrogens (tertiary/aromatic N) is 1. The minimum Gasteiger partial charge on any atom is -0.489 e. The standard InChI is InChI=1S/C23H19BrF3N3O2/c24-19-9-7-16(8-10-19)15-32-21-6-1-3-17(11-21)13-29-30-22(31)14-28-20-5-2-4-18(12-20)23(25,26)27/h1-13,28H,14-15H2,(H,30,31)/b29-13-. The minimum atomic E-state index is -4.44. The summed E-state index contributed by atoms with van der Waals surface area (Å²) in [5.41, 5.74) is 3.46. The molecule has 0 aromatic heterocycles. The van der Waals surface area contributed by atoms with E-state index in [1.165, 1.54) is 18.3 Å². The van der Waals surface area contributed by atoms with Gasteiger partial charge < -0.3 is 10.1 Å². The van der Waals surface area contributed by atoms with Crippen molar-refractivity contribution in [1.29, 1.82) is 0 Å². The predicted molar refractivity (Wildman–Crippen MR) is 121 cm³/mol. The lowest BCUT2D eigenvalue weighted by atomic mass is 10.2. The summed E-state index contributed by atoms with van der Waals surface area (Å²) in [5, 5.41) is 6.52. The molecule has 2 N–H and O–H groups in total. The van der Waals surface area contributed by atoms with Crippen molar-refractivity contribution in [3.8, 4) is 5.75 Å². The van der Waals surface area contributed by atoms with E-state index in [1.54, 1.807) is 18.2 Å². The number of benzene rings is 3. The summed E-state index contributed by atoms with van der Waals surface area (Å²) in [6, 6.07) is 19.6. The third kappa shape index (κ3) is 7.42. The summed E-state index contributed by atoms with van der Waals surface area (Å²) >= 11 is 3.39. The van der Waals surface area contributed by atoms with Crippen LogP contribution in [-0.4, -0.2) is 18.7 Å². The lowest BCUT2D eigenvalue weighted by molar-refractivity contribution is -0.137. The molecule has 3 aromatic rings. The first-order valence-electron chi connectivity index (χ1n) is 9.50. The Hall–Kier alpha value is -3.33. The highest BCUT2D eigenvalue weighted by molar-refractivity contribution is 9.10. The molecule has 5 nitrogen and oxygen atoms in total. The van der Waals surface area contributed by atoms with Crippen LogP contribution in [-0.2, 0) is 17.6 Å². The lowest BCUT2D eigenvalue weighted by Gasteiger charge is -2.10. The molecule has 3 rings (SSSR count). The highest BCUT2D eigenvalue weighted by Gasteiger charge is 2.30. The number of nitrogens with one attached hydrogen (secondary N) is 2. The van der Waals surface area contributed by atoms with Crippen molar-refractivity contribution in [2.75, 3.05) is 11.9 Å². The number of hydrogen-bond donors (Lipinski definition) is 2. The second kappa shape index (κ2) is 10.8. The zero-order valence-electron chi connectivity index (χ0n) is 16.7. The van der Waals surface area contributed by atoms with Gasteiger partial charge in [-0.1, -0.05) is 46.3 Å². The highest BCUT2D eigenvalue weighted by atomic mass is 79.9. The number of amides is 1. The van der Waals surface area contributed by atoms with E-state index in [-0.39, 0.29) is 12.2 Å². The summed E-state index contributed by atoms with van der Waals surface area (Å²) in [4.78, 5) is 11.9. The van der Waals surface area contributed by atoms with Gasteiger partial charge in [0.15, 0.2) is 0 Å². The molecule has 0 unspecified atom stereocenters. The molecular formula is C23H19BrF3N3O2. The Kier molecular flexibility index (Phi) is 7.88. The van der Waals surface area contributed by atoms with Gasteiger partial charge in [0.1, 0.15) is 12.4 Å². The van der Waals surface area contributed by atoms with E-state index in [0.717, 1.165) is 22.2 Å². The van der Waals surface area contributed by atoms with Crippen molar-refractivity contribution < 1.29 is 22.7 Å². The van der Waals surface area contributed by atoms with Crippen LogP contribution in [0.2, 0.25) is 0 Å². The number of ether oxygens (including phenoxy) is 1. The molecule has 0 heterocycles. The molecule has 0 bridgehead atoms. The Morgan fingerprint density at radius 2 is 1.78 bits per heavy atom. The SMILES string of the molecule is O=C(CNc1cccc(C(F)(F)F)c1)N/N=C\c1cccc(OCc2ccc(Br)cc2)c1. The molecule has 0 spiro atoms. The van der Waals surface area contributed by atoms with Crippen LogP contribution >= 0.6 is 15.9 Å². The molecule has 0 aliphatic carbocycles. The van der Waals surface area contributed by atoms with Crippen molar-refractivity contribution >= 4 is 33.7 Å². The van der Waals surface area contributed by atoms with Crippen LogP contribution in [0.1, 0.15) is 16.7 Å². The van der Waals surface area contributed by atoms with E-state index >= 15 is 0 Å². The van der Waals surface area contributed by atoms with Crippen molar-refractivity contribution in [2.24, 2.45) is 5.10 Å². The number of halogens is 4. The quantitative estimate of drug-likeness (QED) is 0.309. The Balaban J connectivity index is 1.47. The number of alkyl halides is 3. The van der Waals surface area contributed by atoms with E-state index in [9.17, 15) is 18.0 Å². The van der Waals surface area contributed by atoms with E-state index < -0.39 is 17.6 Å². The van der Waals surface area contributed by atoms with Gasteiger partial charge in [0.25, 0.3) is 5.91 Å². The predicted octanol–water partition coefficient (Wildman–Crippen LogP) is 5.61. The fourth-order valence-electron chi connectivity index (χ4n) is 2.64. The molecule has 0 aliphatic heterocycles. The molecule has 0 atom stereocenters. The zero-order valence-corrected chi connectivity index (χ0v) is 18.3. The second-order valence-electron chi connectivity index (χ2n) is 6.71. The van der Waals surface area contributed by atoms with Crippen molar-refractivity contribution in [3.63, 3.8) is 0 Å². The fraction of sp³-hybridized carbons (Fsp3) is 0.130. The average molecular weight is 506 g/mol. The molecule has 0 fully saturated rings. The number of carbonyl (C=O) groups excluding carboxylic acids is 1. The number of carbonyl (C=O) groups is 1. The molecule has 9 heteroatoms. The summed E-state index contributed by atoms with van der Waals surface area (Å²) in [6.07, 6.45) is -2.99. The first kappa shape index (κ1) is 23.3. The third-order valence-electron chi connectivity index (χ3n) is 4.22. The highest BCUT2D eigenvalue weighted by Crippen LogP contribution is 2.30. The largest absolute Gasteiger partial charge is 0.489 e. The first-order chi connectivity index (χ1) is 15.3. The maximum Gasteiger partial charge on any atom is 0.416 e. The van der Waals surface area contributed by atoms with Crippen LogP contribution in [0.5, 0.6) is 5.75 Å². The molecule has 0 saturated heterocycles. The molecule has 0 saturated carbocycles. The Bertz CT molecular complexity index is 1090. The number of anilines is 1. The maximum absolute atomic E-state index is 12.7. The van der Waals surface area contributed by atoms with Crippen molar-refractivity contribution in [2.45, 2.75) is 12.8 Å². The summed E-state index contributed by atoms with van der Waals surface area (Å²) < 4.78 is 45.0. The van der Waals surface area contributed by atoms with Crippen molar-refractivity contribution in [1.82, 2.24) is 5.43 Å². The van der Waals surface area contributed by atoms with Gasteiger partial charge in [0.2, 0.25) is 0 Å². The van der Waals surface area contributed by atoms with Gasteiger partial charge in [-0.15, -0.1) is 0 Å². The number of rotatable bonds is 8. The van der Waals surface area contributed by atoms with Crippen LogP contribution in [0.4, 0.5) is 18.9 Å². The van der Waals surface area contributed by atoms with Gasteiger partial charge in [0.05, 0.1) is 18.3 Å². The van der Waals surface area contributed by atoms with E-state index in [4.69, 9.17) is 4.74 Å². The van der Waals surface area contributed by atoms with Crippen LogP contribution in [0.15, 0.2) is 82.4 Å². The summed E-state index contributed by atoms with van der Waals surface area (Å²) in [6.45, 7) is 0.181. The average Bonchev–Trinajstić information content (AvgIpc) is 2.77. The van der Waals surface area contributed by atoms with E-state index in [1.807, 2.05) is 30.3 Å². The fourth-order valence-corrected chi connectivity index (χ4v) is 2.90. The topological polar surface area (TPSA) is 62.7 Å². The number of hydrazone groups is 1. The molecular weight excluding hydrogens is 487 g/mol. The van der Waals surface area contributed by atoms with Gasteiger partial charge in [-0.3, -0.25) is 4.79 Å². The smallest absolute Gasteiger partial charge is 0.416 e. The maximum atomic E-state index is 12.7. The summed E-state index contributed by atoms with van der Waals surface area (Å²) in [5.74, 6) is 0.149. The molecule has 32 heavy (non-hydrogen) atoms. The van der Waals surface area contributed by atoms with Crippen LogP contribution in [0.3, 0.4) is 0 Å². The monoisotopic (exact) mass is 505 g/mol. The van der Waals surface area contributed by atoms with E-state index in [0.29, 0.717) is 17.9 Å². The van der Waals surface area contributed by atoms with Gasteiger partial charge in [-0.05, 0) is 53.6 Å². The molecule has 1 amide bonds. The van der Waals surface area contributed by atoms with Crippen LogP contribution < -0.4 is 15.5 Å². The van der Waals surface area contributed by atoms with Crippen molar-refractivity contribution in [3.05, 3.63) is 94.0 Å².